The number of ether oxygens (including phenoxy) is 1. The van der Waals surface area contributed by atoms with Crippen molar-refractivity contribution in [2.45, 2.75) is 26.3 Å². The van der Waals surface area contributed by atoms with Crippen molar-refractivity contribution in [2.75, 3.05) is 38.2 Å². The molecule has 0 aliphatic carbocycles. The van der Waals surface area contributed by atoms with E-state index in [4.69, 9.17) is 9.26 Å². The second-order valence-corrected chi connectivity index (χ2v) is 5.77. The maximum atomic E-state index is 5.47. The minimum absolute atomic E-state index is 0.155. The van der Waals surface area contributed by atoms with Crippen LogP contribution in [0.3, 0.4) is 0 Å². The maximum Gasteiger partial charge on any atom is 0.243 e. The highest BCUT2D eigenvalue weighted by molar-refractivity contribution is 5.58. The van der Waals surface area contributed by atoms with E-state index in [9.17, 15) is 0 Å². The topological polar surface area (TPSA) is 54.6 Å². The highest BCUT2D eigenvalue weighted by Gasteiger charge is 2.26. The Labute approximate surface area is 137 Å². The molecule has 0 radical (unpaired) electrons. The largest absolute Gasteiger partial charge is 0.495 e. The van der Waals surface area contributed by atoms with Crippen molar-refractivity contribution < 1.29 is 9.26 Å². The van der Waals surface area contributed by atoms with Crippen LogP contribution in [0.25, 0.3) is 0 Å². The van der Waals surface area contributed by atoms with Crippen LogP contribution in [-0.4, -0.2) is 48.3 Å². The quantitative estimate of drug-likeness (QED) is 0.845. The zero-order chi connectivity index (χ0) is 16.2. The number of para-hydroxylation sites is 2. The van der Waals surface area contributed by atoms with E-state index in [0.29, 0.717) is 5.89 Å². The van der Waals surface area contributed by atoms with Crippen LogP contribution in [0.2, 0.25) is 0 Å². The van der Waals surface area contributed by atoms with Gasteiger partial charge in [-0.05, 0) is 19.1 Å². The molecule has 0 bridgehead atoms. The zero-order valence-corrected chi connectivity index (χ0v) is 14.0. The molecule has 1 aromatic carbocycles. The van der Waals surface area contributed by atoms with E-state index >= 15 is 0 Å². The summed E-state index contributed by atoms with van der Waals surface area (Å²) >= 11 is 0. The van der Waals surface area contributed by atoms with Gasteiger partial charge < -0.3 is 14.2 Å². The summed E-state index contributed by atoms with van der Waals surface area (Å²) in [5.41, 5.74) is 1.16. The Morgan fingerprint density at radius 3 is 2.61 bits per heavy atom. The smallest absolute Gasteiger partial charge is 0.243 e. The molecule has 23 heavy (non-hydrogen) atoms. The zero-order valence-electron chi connectivity index (χ0n) is 14.0. The summed E-state index contributed by atoms with van der Waals surface area (Å²) in [6, 6.07) is 8.33. The van der Waals surface area contributed by atoms with Gasteiger partial charge in [-0.15, -0.1) is 0 Å². The summed E-state index contributed by atoms with van der Waals surface area (Å²) in [5.74, 6) is 2.42. The molecule has 0 amide bonds. The van der Waals surface area contributed by atoms with Gasteiger partial charge in [-0.2, -0.15) is 4.98 Å². The molecule has 1 aliphatic heterocycles. The molecule has 1 aliphatic rings. The van der Waals surface area contributed by atoms with E-state index < -0.39 is 0 Å². The molecule has 6 nitrogen and oxygen atoms in total. The third-order valence-electron chi connectivity index (χ3n) is 4.45. The van der Waals surface area contributed by atoms with Gasteiger partial charge >= 0.3 is 0 Å². The van der Waals surface area contributed by atoms with Crippen LogP contribution in [0.5, 0.6) is 5.75 Å². The summed E-state index contributed by atoms with van der Waals surface area (Å²) in [6.07, 6.45) is 0.803. The fourth-order valence-electron chi connectivity index (χ4n) is 2.98. The van der Waals surface area contributed by atoms with Crippen LogP contribution in [0.1, 0.15) is 31.6 Å². The first kappa shape index (κ1) is 15.8. The van der Waals surface area contributed by atoms with Crippen molar-refractivity contribution in [3.63, 3.8) is 0 Å². The minimum Gasteiger partial charge on any atom is -0.495 e. The lowest BCUT2D eigenvalue weighted by Crippen LogP contribution is -2.47. The fourth-order valence-corrected chi connectivity index (χ4v) is 2.98. The number of aryl methyl sites for hydroxylation is 1. The van der Waals surface area contributed by atoms with Crippen molar-refractivity contribution in [1.82, 2.24) is 15.0 Å². The summed E-state index contributed by atoms with van der Waals surface area (Å²) in [7, 11) is 1.72. The van der Waals surface area contributed by atoms with Gasteiger partial charge in [-0.1, -0.05) is 24.2 Å². The number of rotatable bonds is 5. The normalized spacial score (nSPS) is 17.3. The molecule has 0 N–H and O–H groups in total. The van der Waals surface area contributed by atoms with Crippen molar-refractivity contribution in [1.29, 1.82) is 0 Å². The first-order valence-electron chi connectivity index (χ1n) is 8.17. The number of hydrogen-bond donors (Lipinski definition) is 0. The molecule has 2 aromatic rings. The fraction of sp³-hybridized carbons (Fsp3) is 0.529. The van der Waals surface area contributed by atoms with E-state index in [0.717, 1.165) is 49.9 Å². The average molecular weight is 316 g/mol. The van der Waals surface area contributed by atoms with Gasteiger partial charge in [0.1, 0.15) is 5.75 Å². The molecule has 1 aromatic heterocycles. The lowest BCUT2D eigenvalue weighted by Gasteiger charge is -2.38. The molecule has 2 heterocycles. The predicted octanol–water partition coefficient (Wildman–Crippen LogP) is 2.52. The molecular formula is C17H24N4O2. The van der Waals surface area contributed by atoms with E-state index in [1.807, 2.05) is 19.1 Å². The molecule has 0 spiro atoms. The lowest BCUT2D eigenvalue weighted by molar-refractivity contribution is 0.164. The van der Waals surface area contributed by atoms with Gasteiger partial charge in [-0.25, -0.2) is 0 Å². The number of hydrogen-bond acceptors (Lipinski definition) is 6. The summed E-state index contributed by atoms with van der Waals surface area (Å²) in [6.45, 7) is 8.00. The van der Waals surface area contributed by atoms with Gasteiger partial charge in [0, 0.05) is 32.6 Å². The highest BCUT2D eigenvalue weighted by atomic mass is 16.5. The van der Waals surface area contributed by atoms with Crippen molar-refractivity contribution in [2.24, 2.45) is 0 Å². The maximum absolute atomic E-state index is 5.47. The molecule has 6 heteroatoms. The molecule has 1 atom stereocenters. The van der Waals surface area contributed by atoms with Crippen LogP contribution in [0, 0.1) is 0 Å². The van der Waals surface area contributed by atoms with Gasteiger partial charge in [0.05, 0.1) is 18.8 Å². The number of benzene rings is 1. The van der Waals surface area contributed by atoms with E-state index in [1.54, 1.807) is 7.11 Å². The van der Waals surface area contributed by atoms with Crippen molar-refractivity contribution in [3.8, 4) is 5.75 Å². The standard InChI is InChI=1S/C17H24N4O2/c1-4-16-18-17(23-19-16)13(2)20-9-11-21(12-10-20)14-7-5-6-8-15(14)22-3/h5-8,13H,4,9-12H2,1-3H3/t13-/m0/s1. The molecule has 1 fully saturated rings. The van der Waals surface area contributed by atoms with Crippen LogP contribution >= 0.6 is 0 Å². The second-order valence-electron chi connectivity index (χ2n) is 5.77. The van der Waals surface area contributed by atoms with Gasteiger partial charge in [-0.3, -0.25) is 4.90 Å². The van der Waals surface area contributed by atoms with Crippen molar-refractivity contribution >= 4 is 5.69 Å². The molecule has 0 unspecified atom stereocenters. The SMILES string of the molecule is CCc1noc([C@H](C)N2CCN(c3ccccc3OC)CC2)n1. The predicted molar refractivity (Wildman–Crippen MR) is 88.9 cm³/mol. The molecule has 0 saturated carbocycles. The van der Waals surface area contributed by atoms with Crippen LogP contribution in [0.4, 0.5) is 5.69 Å². The number of methoxy groups -OCH3 is 1. The molecule has 124 valence electrons. The third-order valence-corrected chi connectivity index (χ3v) is 4.45. The van der Waals surface area contributed by atoms with Gasteiger partial charge in [0.25, 0.3) is 0 Å². The van der Waals surface area contributed by atoms with Gasteiger partial charge in [0.2, 0.25) is 5.89 Å². The lowest BCUT2D eigenvalue weighted by atomic mass is 10.2. The number of anilines is 1. The molecular weight excluding hydrogens is 292 g/mol. The first-order valence-corrected chi connectivity index (χ1v) is 8.17. The third kappa shape index (κ3) is 3.32. The molecule has 3 rings (SSSR count). The van der Waals surface area contributed by atoms with Crippen LogP contribution in [-0.2, 0) is 6.42 Å². The monoisotopic (exact) mass is 316 g/mol. The minimum atomic E-state index is 0.155. The summed E-state index contributed by atoms with van der Waals surface area (Å²) < 4.78 is 10.9. The highest BCUT2D eigenvalue weighted by Crippen LogP contribution is 2.29. The number of nitrogens with zero attached hydrogens (tertiary/aromatic N) is 4. The first-order chi connectivity index (χ1) is 11.2. The Morgan fingerprint density at radius 1 is 1.22 bits per heavy atom. The second kappa shape index (κ2) is 7.00. The van der Waals surface area contributed by atoms with Crippen LogP contribution in [0.15, 0.2) is 28.8 Å². The average Bonchev–Trinajstić information content (AvgIpc) is 3.10. The Morgan fingerprint density at radius 2 is 1.96 bits per heavy atom. The Hall–Kier alpha value is -2.08. The number of piperazine rings is 1. The summed E-state index contributed by atoms with van der Waals surface area (Å²) in [4.78, 5) is 9.21. The summed E-state index contributed by atoms with van der Waals surface area (Å²) in [5, 5.41) is 4.00. The Bertz CT molecular complexity index is 635. The van der Waals surface area contributed by atoms with E-state index in [-0.39, 0.29) is 6.04 Å². The Balaban J connectivity index is 1.64. The van der Waals surface area contributed by atoms with Crippen molar-refractivity contribution in [3.05, 3.63) is 36.0 Å². The Kier molecular flexibility index (Phi) is 4.81. The number of aromatic nitrogens is 2. The van der Waals surface area contributed by atoms with E-state index in [1.165, 1.54) is 0 Å². The van der Waals surface area contributed by atoms with Gasteiger partial charge in [0.15, 0.2) is 5.82 Å². The molecule has 1 saturated heterocycles. The van der Waals surface area contributed by atoms with Crippen LogP contribution < -0.4 is 9.64 Å². The van der Waals surface area contributed by atoms with E-state index in [2.05, 4.69) is 39.0 Å².